The standard InChI is InChI=1S/C22H31N3O4S/c1-17-12-20(24-14-21(2,15-26)18-8-5-4-6-9-18)23-13-19(17)30(28,29)25(3)22(16-27)10-7-11-22/h4-6,8-9,12-13,26-27H,7,10-11,14-16H2,1-3H3,(H,23,24). The smallest absolute Gasteiger partial charge is 0.245 e. The normalized spacial score (nSPS) is 17.9. The van der Waals surface area contributed by atoms with E-state index < -0.39 is 21.0 Å². The summed E-state index contributed by atoms with van der Waals surface area (Å²) in [5.74, 6) is 0.547. The Hall–Kier alpha value is -2.00. The number of aromatic nitrogens is 1. The fraction of sp³-hybridized carbons (Fsp3) is 0.500. The maximum atomic E-state index is 13.1. The molecule has 30 heavy (non-hydrogen) atoms. The number of anilines is 1. The lowest BCUT2D eigenvalue weighted by atomic mass is 9.77. The van der Waals surface area contributed by atoms with Crippen LogP contribution in [0.2, 0.25) is 0 Å². The number of aliphatic hydroxyl groups is 2. The predicted molar refractivity (Wildman–Crippen MR) is 117 cm³/mol. The molecule has 7 nitrogen and oxygen atoms in total. The summed E-state index contributed by atoms with van der Waals surface area (Å²) in [6.07, 6.45) is 3.59. The van der Waals surface area contributed by atoms with E-state index in [1.165, 1.54) is 17.5 Å². The third-order valence-corrected chi connectivity index (χ3v) is 8.52. The fourth-order valence-corrected chi connectivity index (χ4v) is 5.54. The molecule has 0 saturated heterocycles. The van der Waals surface area contributed by atoms with Gasteiger partial charge in [-0.1, -0.05) is 37.3 Å². The van der Waals surface area contributed by atoms with E-state index in [-0.39, 0.29) is 18.1 Å². The van der Waals surface area contributed by atoms with Crippen molar-refractivity contribution in [3.63, 3.8) is 0 Å². The highest BCUT2D eigenvalue weighted by Gasteiger charge is 2.46. The number of aliphatic hydroxyl groups excluding tert-OH is 2. The number of benzene rings is 1. The van der Waals surface area contributed by atoms with Gasteiger partial charge in [0.25, 0.3) is 0 Å². The zero-order valence-corrected chi connectivity index (χ0v) is 18.6. The van der Waals surface area contributed by atoms with Gasteiger partial charge in [0.15, 0.2) is 0 Å². The van der Waals surface area contributed by atoms with Gasteiger partial charge in [0, 0.05) is 25.2 Å². The number of hydrogen-bond donors (Lipinski definition) is 3. The Morgan fingerprint density at radius 2 is 1.90 bits per heavy atom. The maximum absolute atomic E-state index is 13.1. The molecule has 1 aliphatic carbocycles. The van der Waals surface area contributed by atoms with Gasteiger partial charge in [-0.2, -0.15) is 4.31 Å². The molecule has 1 aromatic heterocycles. The maximum Gasteiger partial charge on any atom is 0.245 e. The Kier molecular flexibility index (Phi) is 6.52. The Bertz CT molecular complexity index is 972. The molecule has 1 heterocycles. The molecule has 0 amide bonds. The van der Waals surface area contributed by atoms with Crippen molar-refractivity contribution in [1.82, 2.24) is 9.29 Å². The minimum Gasteiger partial charge on any atom is -0.395 e. The van der Waals surface area contributed by atoms with Crippen LogP contribution < -0.4 is 5.32 Å². The van der Waals surface area contributed by atoms with Crippen molar-refractivity contribution in [3.05, 3.63) is 53.7 Å². The largest absolute Gasteiger partial charge is 0.395 e. The minimum atomic E-state index is -3.76. The number of aryl methyl sites for hydroxylation is 1. The van der Waals surface area contributed by atoms with Gasteiger partial charge in [-0.15, -0.1) is 0 Å². The first-order valence-electron chi connectivity index (χ1n) is 10.2. The molecule has 0 aliphatic heterocycles. The van der Waals surface area contributed by atoms with E-state index in [0.29, 0.717) is 30.8 Å². The summed E-state index contributed by atoms with van der Waals surface area (Å²) < 4.78 is 27.6. The Balaban J connectivity index is 1.78. The summed E-state index contributed by atoms with van der Waals surface area (Å²) in [6.45, 7) is 3.92. The van der Waals surface area contributed by atoms with Gasteiger partial charge >= 0.3 is 0 Å². The van der Waals surface area contributed by atoms with Gasteiger partial charge in [0.2, 0.25) is 10.0 Å². The Labute approximate surface area is 178 Å². The summed E-state index contributed by atoms with van der Waals surface area (Å²) in [4.78, 5) is 4.45. The highest BCUT2D eigenvalue weighted by atomic mass is 32.2. The number of pyridine rings is 1. The third kappa shape index (κ3) is 4.09. The number of nitrogens with zero attached hydrogens (tertiary/aromatic N) is 2. The Morgan fingerprint density at radius 3 is 2.40 bits per heavy atom. The molecule has 0 radical (unpaired) electrons. The first kappa shape index (κ1) is 22.7. The van der Waals surface area contributed by atoms with Crippen LogP contribution in [0, 0.1) is 6.92 Å². The molecule has 8 heteroatoms. The quantitative estimate of drug-likeness (QED) is 0.561. The average molecular weight is 434 g/mol. The second kappa shape index (κ2) is 8.63. The number of rotatable bonds is 9. The van der Waals surface area contributed by atoms with Crippen LogP contribution >= 0.6 is 0 Å². The van der Waals surface area contributed by atoms with Gasteiger partial charge in [0.05, 0.1) is 18.8 Å². The predicted octanol–water partition coefficient (Wildman–Crippen LogP) is 2.29. The molecule has 3 rings (SSSR count). The van der Waals surface area contributed by atoms with Gasteiger partial charge in [-0.25, -0.2) is 13.4 Å². The van der Waals surface area contributed by atoms with E-state index in [1.54, 1.807) is 13.0 Å². The first-order valence-corrected chi connectivity index (χ1v) is 11.6. The van der Waals surface area contributed by atoms with Crippen LogP contribution in [0.3, 0.4) is 0 Å². The number of nitrogens with one attached hydrogen (secondary N) is 1. The lowest BCUT2D eigenvalue weighted by Gasteiger charge is -2.46. The Morgan fingerprint density at radius 1 is 1.23 bits per heavy atom. The molecule has 0 bridgehead atoms. The molecule has 0 spiro atoms. The summed E-state index contributed by atoms with van der Waals surface area (Å²) in [5, 5.41) is 22.9. The molecule has 164 valence electrons. The van der Waals surface area contributed by atoms with Crippen LogP contribution in [0.1, 0.15) is 37.3 Å². The van der Waals surface area contributed by atoms with Crippen LogP contribution in [-0.4, -0.2) is 60.3 Å². The molecule has 1 unspecified atom stereocenters. The number of hydrogen-bond acceptors (Lipinski definition) is 6. The summed E-state index contributed by atoms with van der Waals surface area (Å²) in [7, 11) is -2.23. The van der Waals surface area contributed by atoms with Gasteiger partial charge in [-0.3, -0.25) is 0 Å². The van der Waals surface area contributed by atoms with Gasteiger partial charge in [0.1, 0.15) is 10.7 Å². The second-order valence-electron chi connectivity index (χ2n) is 8.48. The lowest BCUT2D eigenvalue weighted by molar-refractivity contribution is 0.0369. The van der Waals surface area contributed by atoms with E-state index in [9.17, 15) is 18.6 Å². The topological polar surface area (TPSA) is 103 Å². The van der Waals surface area contributed by atoms with Crippen molar-refractivity contribution in [2.75, 3.05) is 32.1 Å². The first-order chi connectivity index (χ1) is 14.2. The van der Waals surface area contributed by atoms with E-state index in [4.69, 9.17) is 0 Å². The monoisotopic (exact) mass is 433 g/mol. The molecule has 1 atom stereocenters. The summed E-state index contributed by atoms with van der Waals surface area (Å²) in [5.41, 5.74) is 0.380. The van der Waals surface area contributed by atoms with Crippen LogP contribution in [0.5, 0.6) is 0 Å². The van der Waals surface area contributed by atoms with Crippen molar-refractivity contribution in [3.8, 4) is 0 Å². The molecule has 3 N–H and O–H groups in total. The van der Waals surface area contributed by atoms with Crippen LogP contribution in [-0.2, 0) is 15.4 Å². The minimum absolute atomic E-state index is 0.0382. The van der Waals surface area contributed by atoms with Crippen molar-refractivity contribution in [1.29, 1.82) is 0 Å². The molecular formula is C22H31N3O4S. The fourth-order valence-electron chi connectivity index (χ4n) is 3.85. The molecular weight excluding hydrogens is 402 g/mol. The highest BCUT2D eigenvalue weighted by molar-refractivity contribution is 7.89. The molecule has 1 fully saturated rings. The summed E-state index contributed by atoms with van der Waals surface area (Å²) >= 11 is 0. The molecule has 1 aromatic carbocycles. The highest BCUT2D eigenvalue weighted by Crippen LogP contribution is 2.39. The van der Waals surface area contributed by atoms with Crippen molar-refractivity contribution >= 4 is 15.8 Å². The van der Waals surface area contributed by atoms with E-state index in [0.717, 1.165) is 12.0 Å². The molecule has 1 saturated carbocycles. The van der Waals surface area contributed by atoms with Gasteiger partial charge < -0.3 is 15.5 Å². The third-order valence-electron chi connectivity index (χ3n) is 6.43. The number of sulfonamides is 1. The van der Waals surface area contributed by atoms with Gasteiger partial charge in [-0.05, 0) is 43.4 Å². The zero-order valence-electron chi connectivity index (χ0n) is 17.8. The molecule has 2 aromatic rings. The SMILES string of the molecule is Cc1cc(NCC(C)(CO)c2ccccc2)ncc1S(=O)(=O)N(C)C1(CO)CCC1. The van der Waals surface area contributed by atoms with E-state index in [1.807, 2.05) is 37.3 Å². The van der Waals surface area contributed by atoms with Crippen LogP contribution in [0.25, 0.3) is 0 Å². The average Bonchev–Trinajstić information content (AvgIpc) is 2.72. The van der Waals surface area contributed by atoms with Crippen molar-refractivity contribution in [2.45, 2.75) is 49.0 Å². The van der Waals surface area contributed by atoms with Crippen molar-refractivity contribution < 1.29 is 18.6 Å². The number of likely N-dealkylation sites (N-methyl/N-ethyl adjacent to an activating group) is 1. The van der Waals surface area contributed by atoms with Crippen molar-refractivity contribution in [2.24, 2.45) is 0 Å². The van der Waals surface area contributed by atoms with Crippen LogP contribution in [0.15, 0.2) is 47.5 Å². The van der Waals surface area contributed by atoms with Crippen LogP contribution in [0.4, 0.5) is 5.82 Å². The van der Waals surface area contributed by atoms with E-state index >= 15 is 0 Å². The van der Waals surface area contributed by atoms with E-state index in [2.05, 4.69) is 10.3 Å². The lowest BCUT2D eigenvalue weighted by Crippen LogP contribution is -2.56. The second-order valence-corrected chi connectivity index (χ2v) is 10.4. The summed E-state index contributed by atoms with van der Waals surface area (Å²) in [6, 6.07) is 11.4. The molecule has 1 aliphatic rings. The zero-order chi connectivity index (χ0) is 22.0.